The number of alkyl halides is 6. The minimum atomic E-state index is -4.56. The summed E-state index contributed by atoms with van der Waals surface area (Å²) in [5, 5.41) is 0. The molecule has 0 radical (unpaired) electrons. The van der Waals surface area contributed by atoms with Crippen molar-refractivity contribution >= 4 is 11.9 Å². The lowest BCUT2D eigenvalue weighted by Gasteiger charge is -2.47. The number of hydrogen-bond acceptors (Lipinski definition) is 5. The summed E-state index contributed by atoms with van der Waals surface area (Å²) in [6.45, 7) is 4.15. The second kappa shape index (κ2) is 12.2. The lowest BCUT2D eigenvalue weighted by Crippen LogP contribution is -2.52. The summed E-state index contributed by atoms with van der Waals surface area (Å²) in [6.07, 6.45) is -7.98. The molecule has 0 amide bonds. The number of carbonyl (C=O) groups excluding carboxylic acids is 2. The Hall–Kier alpha value is -3.08. The molecule has 0 saturated carbocycles. The lowest BCUT2D eigenvalue weighted by atomic mass is 9.72. The van der Waals surface area contributed by atoms with Crippen LogP contribution in [0.25, 0.3) is 0 Å². The fourth-order valence-electron chi connectivity index (χ4n) is 5.36. The van der Waals surface area contributed by atoms with E-state index in [0.29, 0.717) is 24.0 Å². The van der Waals surface area contributed by atoms with Crippen LogP contribution in [0.5, 0.6) is 0 Å². The van der Waals surface area contributed by atoms with Crippen LogP contribution in [0, 0.1) is 11.3 Å². The van der Waals surface area contributed by atoms with Gasteiger partial charge in [-0.25, -0.2) is 0 Å². The monoisotopic (exact) mass is 573 g/mol. The van der Waals surface area contributed by atoms with Crippen LogP contribution in [0.4, 0.5) is 26.3 Å². The molecule has 3 rings (SSSR count). The first-order valence-electron chi connectivity index (χ1n) is 12.9. The van der Waals surface area contributed by atoms with Crippen molar-refractivity contribution < 1.29 is 45.4 Å². The number of rotatable bonds is 8. The zero-order valence-corrected chi connectivity index (χ0v) is 22.7. The zero-order chi connectivity index (χ0) is 29.9. The van der Waals surface area contributed by atoms with E-state index in [1.54, 1.807) is 0 Å². The molecule has 40 heavy (non-hydrogen) atoms. The van der Waals surface area contributed by atoms with Gasteiger partial charge in [-0.15, -0.1) is 0 Å². The first kappa shape index (κ1) is 31.4. The van der Waals surface area contributed by atoms with E-state index in [9.17, 15) is 35.9 Å². The Morgan fingerprint density at radius 2 is 1.32 bits per heavy atom. The second-order valence-corrected chi connectivity index (χ2v) is 10.5. The molecule has 2 atom stereocenters. The number of benzene rings is 2. The highest BCUT2D eigenvalue weighted by Gasteiger charge is 2.54. The standard InChI is InChI=1S/C29H33F6NO4/c1-18(2)5-14-23(19-6-10-21(11-7-19)28(30,31)32)36-16-15-27(25(37)39-3,26(38)40-4)17-24(36)20-8-12-22(13-9-20)29(33,34)35/h6-13,18,23-24H,5,14-17H2,1-4H3/t23-,24+/m0/s1. The first-order chi connectivity index (χ1) is 18.6. The molecule has 0 aromatic heterocycles. The average molecular weight is 574 g/mol. The van der Waals surface area contributed by atoms with E-state index in [1.165, 1.54) is 24.3 Å². The number of esters is 2. The van der Waals surface area contributed by atoms with E-state index >= 15 is 0 Å². The van der Waals surface area contributed by atoms with Crippen molar-refractivity contribution in [1.29, 1.82) is 0 Å². The lowest BCUT2D eigenvalue weighted by molar-refractivity contribution is -0.175. The van der Waals surface area contributed by atoms with Gasteiger partial charge < -0.3 is 9.47 Å². The summed E-state index contributed by atoms with van der Waals surface area (Å²) in [6, 6.07) is 8.10. The van der Waals surface area contributed by atoms with Crippen molar-refractivity contribution in [2.75, 3.05) is 20.8 Å². The van der Waals surface area contributed by atoms with Gasteiger partial charge in [0.15, 0.2) is 5.41 Å². The van der Waals surface area contributed by atoms with Gasteiger partial charge in [0, 0.05) is 18.6 Å². The summed E-state index contributed by atoms with van der Waals surface area (Å²) < 4.78 is 89.6. The van der Waals surface area contributed by atoms with Crippen LogP contribution in [-0.2, 0) is 31.4 Å². The van der Waals surface area contributed by atoms with Gasteiger partial charge >= 0.3 is 24.3 Å². The normalized spacial score (nSPS) is 18.8. The van der Waals surface area contributed by atoms with Crippen molar-refractivity contribution in [3.8, 4) is 0 Å². The van der Waals surface area contributed by atoms with Gasteiger partial charge in [-0.2, -0.15) is 26.3 Å². The predicted octanol–water partition coefficient (Wildman–Crippen LogP) is 7.37. The van der Waals surface area contributed by atoms with Crippen molar-refractivity contribution in [3.63, 3.8) is 0 Å². The summed E-state index contributed by atoms with van der Waals surface area (Å²) in [4.78, 5) is 27.9. The van der Waals surface area contributed by atoms with Crippen LogP contribution in [0.1, 0.15) is 73.9 Å². The Kier molecular flexibility index (Phi) is 9.59. The number of nitrogens with zero attached hydrogens (tertiary/aromatic N) is 1. The van der Waals surface area contributed by atoms with Crippen LogP contribution in [-0.4, -0.2) is 37.6 Å². The summed E-state index contributed by atoms with van der Waals surface area (Å²) in [7, 11) is 2.28. The third kappa shape index (κ3) is 6.79. The van der Waals surface area contributed by atoms with Gasteiger partial charge in [0.2, 0.25) is 0 Å². The third-order valence-electron chi connectivity index (χ3n) is 7.55. The molecule has 0 spiro atoms. The van der Waals surface area contributed by atoms with Crippen LogP contribution in [0.15, 0.2) is 48.5 Å². The fraction of sp³-hybridized carbons (Fsp3) is 0.517. The van der Waals surface area contributed by atoms with Gasteiger partial charge in [0.25, 0.3) is 0 Å². The molecule has 2 aromatic rings. The van der Waals surface area contributed by atoms with E-state index in [4.69, 9.17) is 9.47 Å². The maximum atomic E-state index is 13.3. The van der Waals surface area contributed by atoms with Gasteiger partial charge in [0.05, 0.1) is 25.3 Å². The number of ether oxygens (including phenoxy) is 2. The highest BCUT2D eigenvalue weighted by molar-refractivity contribution is 6.00. The molecule has 1 fully saturated rings. The Labute approximate surface area is 229 Å². The molecular weight excluding hydrogens is 540 g/mol. The van der Waals surface area contributed by atoms with Gasteiger partial charge in [-0.1, -0.05) is 38.1 Å². The maximum absolute atomic E-state index is 13.3. The molecule has 0 unspecified atom stereocenters. The zero-order valence-electron chi connectivity index (χ0n) is 22.7. The highest BCUT2D eigenvalue weighted by atomic mass is 19.4. The molecule has 1 aliphatic rings. The van der Waals surface area contributed by atoms with E-state index in [2.05, 4.69) is 0 Å². The molecular formula is C29H33F6NO4. The summed E-state index contributed by atoms with van der Waals surface area (Å²) in [5.41, 5.74) is -2.34. The maximum Gasteiger partial charge on any atom is 0.416 e. The number of carbonyl (C=O) groups is 2. The third-order valence-corrected chi connectivity index (χ3v) is 7.55. The minimum absolute atomic E-state index is 0.00228. The Morgan fingerprint density at radius 1 is 0.850 bits per heavy atom. The highest BCUT2D eigenvalue weighted by Crippen LogP contribution is 2.48. The van der Waals surface area contributed by atoms with Crippen molar-refractivity contribution in [1.82, 2.24) is 4.90 Å². The van der Waals surface area contributed by atoms with E-state index in [0.717, 1.165) is 38.5 Å². The van der Waals surface area contributed by atoms with E-state index in [1.807, 2.05) is 18.7 Å². The SMILES string of the molecule is COC(=O)C1(C(=O)OC)CCN([C@@H](CCC(C)C)c2ccc(C(F)(F)F)cc2)[C@@H](c2ccc(C(F)(F)F)cc2)C1. The Morgan fingerprint density at radius 3 is 1.75 bits per heavy atom. The molecule has 11 heteroatoms. The van der Waals surface area contributed by atoms with Crippen LogP contribution in [0.2, 0.25) is 0 Å². The Balaban J connectivity index is 2.13. The molecule has 0 bridgehead atoms. The first-order valence-corrected chi connectivity index (χ1v) is 12.9. The number of likely N-dealkylation sites (tertiary alicyclic amines) is 1. The molecule has 1 heterocycles. The number of hydrogen-bond donors (Lipinski definition) is 0. The van der Waals surface area contributed by atoms with Crippen molar-refractivity contribution in [2.24, 2.45) is 11.3 Å². The smallest absolute Gasteiger partial charge is 0.416 e. The second-order valence-electron chi connectivity index (χ2n) is 10.5. The molecule has 220 valence electrons. The Bertz CT molecular complexity index is 1140. The topological polar surface area (TPSA) is 55.8 Å². The predicted molar refractivity (Wildman–Crippen MR) is 135 cm³/mol. The molecule has 5 nitrogen and oxygen atoms in total. The number of halogens is 6. The van der Waals surface area contributed by atoms with E-state index < -0.39 is 52.9 Å². The van der Waals surface area contributed by atoms with Crippen molar-refractivity contribution in [3.05, 3.63) is 70.8 Å². The van der Waals surface area contributed by atoms with Gasteiger partial charge in [-0.05, 0) is 67.0 Å². The van der Waals surface area contributed by atoms with E-state index in [-0.39, 0.29) is 25.3 Å². The van der Waals surface area contributed by atoms with Crippen molar-refractivity contribution in [2.45, 2.75) is 64.0 Å². The summed E-state index contributed by atoms with van der Waals surface area (Å²) in [5.74, 6) is -1.37. The van der Waals surface area contributed by atoms with Gasteiger partial charge in [0.1, 0.15) is 0 Å². The van der Waals surface area contributed by atoms with Crippen LogP contribution >= 0.6 is 0 Å². The quantitative estimate of drug-likeness (QED) is 0.188. The molecule has 0 aliphatic carbocycles. The molecule has 1 aliphatic heterocycles. The minimum Gasteiger partial charge on any atom is -0.468 e. The fourth-order valence-corrected chi connectivity index (χ4v) is 5.36. The largest absolute Gasteiger partial charge is 0.468 e. The van der Waals surface area contributed by atoms with Crippen LogP contribution in [0.3, 0.4) is 0 Å². The van der Waals surface area contributed by atoms with Gasteiger partial charge in [-0.3, -0.25) is 14.5 Å². The molecule has 2 aromatic carbocycles. The number of piperidine rings is 1. The van der Waals surface area contributed by atoms with Crippen LogP contribution < -0.4 is 0 Å². The average Bonchev–Trinajstić information content (AvgIpc) is 2.91. The molecule has 0 N–H and O–H groups in total. The molecule has 1 saturated heterocycles. The summed E-state index contributed by atoms with van der Waals surface area (Å²) >= 11 is 0. The number of methoxy groups -OCH3 is 2.